The van der Waals surface area contributed by atoms with Gasteiger partial charge in [-0.1, -0.05) is 5.16 Å². The van der Waals surface area contributed by atoms with Crippen LogP contribution in [0, 0.1) is 0 Å². The lowest BCUT2D eigenvalue weighted by Crippen LogP contribution is -2.38. The summed E-state index contributed by atoms with van der Waals surface area (Å²) in [6.45, 7) is 4.22. The van der Waals surface area contributed by atoms with E-state index in [-0.39, 0.29) is 11.5 Å². The molecule has 126 valence electrons. The number of carbonyl (C=O) groups is 1. The van der Waals surface area contributed by atoms with Gasteiger partial charge >= 0.3 is 0 Å². The lowest BCUT2D eigenvalue weighted by atomic mass is 9.96. The van der Waals surface area contributed by atoms with Crippen molar-refractivity contribution in [1.29, 1.82) is 0 Å². The summed E-state index contributed by atoms with van der Waals surface area (Å²) in [7, 11) is 4.14. The fourth-order valence-corrected chi connectivity index (χ4v) is 3.00. The molecular weight excluding hydrogens is 296 g/mol. The van der Waals surface area contributed by atoms with E-state index < -0.39 is 0 Å². The Kier molecular flexibility index (Phi) is 4.68. The Balaban J connectivity index is 1.47. The topological polar surface area (TPSA) is 70.3 Å². The number of rotatable bonds is 6. The van der Waals surface area contributed by atoms with Crippen LogP contribution >= 0.6 is 0 Å². The van der Waals surface area contributed by atoms with Crippen LogP contribution in [0.15, 0.2) is 28.0 Å². The summed E-state index contributed by atoms with van der Waals surface area (Å²) in [4.78, 5) is 22.4. The Morgan fingerprint density at radius 3 is 3.13 bits per heavy atom. The smallest absolute Gasteiger partial charge is 0.269 e. The van der Waals surface area contributed by atoms with E-state index in [1.165, 1.54) is 0 Å². The molecule has 7 heteroatoms. The van der Waals surface area contributed by atoms with Gasteiger partial charge in [-0.05, 0) is 26.2 Å². The van der Waals surface area contributed by atoms with Crippen molar-refractivity contribution >= 4 is 11.6 Å². The van der Waals surface area contributed by atoms with E-state index in [9.17, 15) is 4.79 Å². The molecule has 0 bridgehead atoms. The molecule has 1 atom stereocenters. The van der Waals surface area contributed by atoms with Crippen molar-refractivity contribution in [3.63, 3.8) is 0 Å². The van der Waals surface area contributed by atoms with E-state index in [2.05, 4.69) is 34.4 Å². The highest BCUT2D eigenvalue weighted by Gasteiger charge is 2.46. The summed E-state index contributed by atoms with van der Waals surface area (Å²) in [5.41, 5.74) is 0.162. The molecule has 3 heterocycles. The zero-order valence-corrected chi connectivity index (χ0v) is 13.7. The predicted molar refractivity (Wildman–Crippen MR) is 86.0 cm³/mol. The molecule has 1 fully saturated rings. The average molecular weight is 320 g/mol. The molecule has 1 spiro atoms. The maximum atomic E-state index is 12.2. The maximum Gasteiger partial charge on any atom is 0.269 e. The second-order valence-electron chi connectivity index (χ2n) is 6.58. The van der Waals surface area contributed by atoms with Gasteiger partial charge in [0.15, 0.2) is 5.60 Å². The molecule has 1 aromatic heterocycles. The van der Waals surface area contributed by atoms with E-state index in [0.717, 1.165) is 38.4 Å². The first kappa shape index (κ1) is 16.0. The molecule has 0 radical (unpaired) electrons. The van der Waals surface area contributed by atoms with Crippen LogP contribution in [0.5, 0.6) is 0 Å². The number of amides is 1. The van der Waals surface area contributed by atoms with Crippen molar-refractivity contribution in [2.75, 3.05) is 40.3 Å². The fourth-order valence-electron chi connectivity index (χ4n) is 3.00. The van der Waals surface area contributed by atoms with E-state index in [4.69, 9.17) is 9.25 Å². The highest BCUT2D eigenvalue weighted by atomic mass is 16.7. The minimum absolute atomic E-state index is 0.176. The molecular formula is C16H24N4O3. The van der Waals surface area contributed by atoms with E-state index in [1.54, 1.807) is 12.3 Å². The SMILES string of the molecule is CN(C)CCN1CC[C@]2(CC(C(=O)NCc3ccco3)=NO2)C1. The molecule has 1 N–H and O–H groups in total. The van der Waals surface area contributed by atoms with E-state index in [1.807, 2.05) is 6.07 Å². The van der Waals surface area contributed by atoms with Crippen molar-refractivity contribution in [3.05, 3.63) is 24.2 Å². The van der Waals surface area contributed by atoms with Crippen LogP contribution in [-0.4, -0.2) is 67.3 Å². The number of oxime groups is 1. The Bertz CT molecular complexity index is 570. The maximum absolute atomic E-state index is 12.2. The van der Waals surface area contributed by atoms with Gasteiger partial charge in [0.05, 0.1) is 12.8 Å². The Labute approximate surface area is 136 Å². The second-order valence-corrected chi connectivity index (χ2v) is 6.58. The first-order valence-electron chi connectivity index (χ1n) is 7.99. The molecule has 1 amide bonds. The number of nitrogens with zero attached hydrogens (tertiary/aromatic N) is 3. The summed E-state index contributed by atoms with van der Waals surface area (Å²) in [6.07, 6.45) is 3.09. The number of carbonyl (C=O) groups excluding carboxylic acids is 1. The summed E-state index contributed by atoms with van der Waals surface area (Å²) < 4.78 is 5.20. The zero-order valence-electron chi connectivity index (χ0n) is 13.7. The van der Waals surface area contributed by atoms with Crippen LogP contribution in [0.25, 0.3) is 0 Å². The number of nitrogens with one attached hydrogen (secondary N) is 1. The third kappa shape index (κ3) is 3.92. The Morgan fingerprint density at radius 2 is 2.39 bits per heavy atom. The largest absolute Gasteiger partial charge is 0.467 e. The van der Waals surface area contributed by atoms with Crippen LogP contribution in [0.3, 0.4) is 0 Å². The van der Waals surface area contributed by atoms with Gasteiger partial charge in [-0.15, -0.1) is 0 Å². The minimum Gasteiger partial charge on any atom is -0.467 e. The Morgan fingerprint density at radius 1 is 1.52 bits per heavy atom. The second kappa shape index (κ2) is 6.72. The first-order chi connectivity index (χ1) is 11.1. The van der Waals surface area contributed by atoms with Crippen LogP contribution < -0.4 is 5.32 Å². The normalized spacial score (nSPS) is 24.2. The molecule has 2 aliphatic rings. The summed E-state index contributed by atoms with van der Waals surface area (Å²) in [5.74, 6) is 0.549. The molecule has 23 heavy (non-hydrogen) atoms. The molecule has 0 aromatic carbocycles. The van der Waals surface area contributed by atoms with E-state index in [0.29, 0.717) is 18.7 Å². The molecule has 1 aromatic rings. The average Bonchev–Trinajstić information content (AvgIpc) is 3.25. The number of hydrogen-bond acceptors (Lipinski definition) is 6. The number of furan rings is 1. The third-order valence-corrected chi connectivity index (χ3v) is 4.36. The van der Waals surface area contributed by atoms with Gasteiger partial charge in [-0.2, -0.15) is 0 Å². The van der Waals surface area contributed by atoms with Gasteiger partial charge in [0.2, 0.25) is 0 Å². The summed E-state index contributed by atoms with van der Waals surface area (Å²) >= 11 is 0. The van der Waals surface area contributed by atoms with Crippen molar-refractivity contribution in [3.8, 4) is 0 Å². The highest BCUT2D eigenvalue weighted by Crippen LogP contribution is 2.33. The van der Waals surface area contributed by atoms with Crippen molar-refractivity contribution in [2.45, 2.75) is 25.0 Å². The van der Waals surface area contributed by atoms with Gasteiger partial charge in [0.25, 0.3) is 5.91 Å². The van der Waals surface area contributed by atoms with Crippen LogP contribution in [0.4, 0.5) is 0 Å². The molecule has 2 aliphatic heterocycles. The molecule has 0 aliphatic carbocycles. The molecule has 0 saturated carbocycles. The molecule has 3 rings (SSSR count). The van der Waals surface area contributed by atoms with Crippen LogP contribution in [0.1, 0.15) is 18.6 Å². The van der Waals surface area contributed by atoms with Crippen molar-refractivity contribution in [1.82, 2.24) is 15.1 Å². The summed E-state index contributed by atoms with van der Waals surface area (Å²) in [5, 5.41) is 6.86. The monoisotopic (exact) mass is 320 g/mol. The minimum atomic E-state index is -0.316. The number of likely N-dealkylation sites (tertiary alicyclic amines) is 1. The van der Waals surface area contributed by atoms with Gasteiger partial charge in [0, 0.05) is 39.0 Å². The number of hydrogen-bond donors (Lipinski definition) is 1. The lowest BCUT2D eigenvalue weighted by molar-refractivity contribution is -0.115. The zero-order chi connectivity index (χ0) is 16.3. The highest BCUT2D eigenvalue weighted by molar-refractivity contribution is 6.39. The van der Waals surface area contributed by atoms with Crippen LogP contribution in [-0.2, 0) is 16.2 Å². The van der Waals surface area contributed by atoms with Gasteiger partial charge < -0.3 is 19.5 Å². The van der Waals surface area contributed by atoms with Gasteiger partial charge in [-0.25, -0.2) is 0 Å². The van der Waals surface area contributed by atoms with Crippen molar-refractivity contribution < 1.29 is 14.0 Å². The van der Waals surface area contributed by atoms with E-state index >= 15 is 0 Å². The summed E-state index contributed by atoms with van der Waals surface area (Å²) in [6, 6.07) is 3.63. The molecule has 7 nitrogen and oxygen atoms in total. The van der Waals surface area contributed by atoms with Crippen LogP contribution in [0.2, 0.25) is 0 Å². The molecule has 0 unspecified atom stereocenters. The molecule has 1 saturated heterocycles. The quantitative estimate of drug-likeness (QED) is 0.834. The van der Waals surface area contributed by atoms with Crippen molar-refractivity contribution in [2.24, 2.45) is 5.16 Å². The standard InChI is InChI=1S/C16H24N4O3/c1-19(2)7-8-20-6-5-16(12-20)10-14(18-23-16)15(21)17-11-13-4-3-9-22-13/h3-4,9H,5-8,10-12H2,1-2H3,(H,17,21)/t16-/m0/s1. The lowest BCUT2D eigenvalue weighted by Gasteiger charge is -2.22. The third-order valence-electron chi connectivity index (χ3n) is 4.36. The first-order valence-corrected chi connectivity index (χ1v) is 7.99. The van der Waals surface area contributed by atoms with Gasteiger partial charge in [0.1, 0.15) is 11.5 Å². The fraction of sp³-hybridized carbons (Fsp3) is 0.625. The predicted octanol–water partition coefficient (Wildman–Crippen LogP) is 0.678. The van der Waals surface area contributed by atoms with Gasteiger partial charge in [-0.3, -0.25) is 9.69 Å². The Hall–Kier alpha value is -1.86. The number of likely N-dealkylation sites (N-methyl/N-ethyl adjacent to an activating group) is 1.